The van der Waals surface area contributed by atoms with Crippen molar-refractivity contribution < 1.29 is 9.53 Å². The molecule has 3 aromatic rings. The molecule has 0 spiro atoms. The third-order valence-corrected chi connectivity index (χ3v) is 5.24. The van der Waals surface area contributed by atoms with E-state index in [9.17, 15) is 4.79 Å². The Morgan fingerprint density at radius 3 is 2.50 bits per heavy atom. The standard InChI is InChI=1S/C22H24ClN3O2/c1-13-6-8-18(10-14(13)2)26-16(4)19(15(3)25-26)12-22(27)24-17-7-9-21(28-5)20(23)11-17/h6-11H,12H2,1-5H3,(H,24,27). The van der Waals surface area contributed by atoms with Crippen LogP contribution < -0.4 is 10.1 Å². The number of aryl methyl sites for hydroxylation is 3. The highest BCUT2D eigenvalue weighted by molar-refractivity contribution is 6.32. The van der Waals surface area contributed by atoms with Crippen LogP contribution in [-0.2, 0) is 11.2 Å². The van der Waals surface area contributed by atoms with Crippen molar-refractivity contribution in [2.24, 2.45) is 0 Å². The van der Waals surface area contributed by atoms with Crippen LogP contribution in [-0.4, -0.2) is 22.8 Å². The molecule has 1 amide bonds. The Labute approximate surface area is 170 Å². The second kappa shape index (κ2) is 8.07. The van der Waals surface area contributed by atoms with E-state index in [1.807, 2.05) is 24.6 Å². The maximum absolute atomic E-state index is 12.6. The molecule has 2 aromatic carbocycles. The summed E-state index contributed by atoms with van der Waals surface area (Å²) < 4.78 is 7.03. The topological polar surface area (TPSA) is 56.1 Å². The van der Waals surface area contributed by atoms with Gasteiger partial charge in [0.15, 0.2) is 0 Å². The van der Waals surface area contributed by atoms with Gasteiger partial charge in [-0.25, -0.2) is 4.68 Å². The minimum atomic E-state index is -0.118. The number of anilines is 1. The zero-order chi connectivity index (χ0) is 20.4. The van der Waals surface area contributed by atoms with Gasteiger partial charge in [0.1, 0.15) is 5.75 Å². The number of rotatable bonds is 5. The number of ether oxygens (including phenoxy) is 1. The lowest BCUT2D eigenvalue weighted by molar-refractivity contribution is -0.115. The van der Waals surface area contributed by atoms with Crippen LogP contribution in [0, 0.1) is 27.7 Å². The van der Waals surface area contributed by atoms with Crippen LogP contribution in [0.2, 0.25) is 5.02 Å². The average Bonchev–Trinajstić information content (AvgIpc) is 2.92. The molecule has 5 nitrogen and oxygen atoms in total. The largest absolute Gasteiger partial charge is 0.495 e. The maximum atomic E-state index is 12.6. The number of amides is 1. The van der Waals surface area contributed by atoms with Crippen molar-refractivity contribution in [3.8, 4) is 11.4 Å². The molecular weight excluding hydrogens is 374 g/mol. The summed E-state index contributed by atoms with van der Waals surface area (Å²) in [6, 6.07) is 11.4. The van der Waals surface area contributed by atoms with Gasteiger partial charge in [0.05, 0.1) is 29.9 Å². The lowest BCUT2D eigenvalue weighted by Gasteiger charge is -2.09. The third kappa shape index (κ3) is 4.04. The van der Waals surface area contributed by atoms with Gasteiger partial charge >= 0.3 is 0 Å². The molecule has 0 bridgehead atoms. The highest BCUT2D eigenvalue weighted by Crippen LogP contribution is 2.27. The van der Waals surface area contributed by atoms with E-state index in [2.05, 4.69) is 36.4 Å². The number of methoxy groups -OCH3 is 1. The predicted molar refractivity (Wildman–Crippen MR) is 113 cm³/mol. The van der Waals surface area contributed by atoms with Gasteiger partial charge in [-0.15, -0.1) is 0 Å². The molecule has 0 aliphatic heterocycles. The fraction of sp³-hybridized carbons (Fsp3) is 0.273. The number of hydrogen-bond donors (Lipinski definition) is 1. The molecule has 0 radical (unpaired) electrons. The maximum Gasteiger partial charge on any atom is 0.228 e. The summed E-state index contributed by atoms with van der Waals surface area (Å²) in [4.78, 5) is 12.6. The average molecular weight is 398 g/mol. The highest BCUT2D eigenvalue weighted by Gasteiger charge is 2.16. The molecule has 28 heavy (non-hydrogen) atoms. The zero-order valence-electron chi connectivity index (χ0n) is 16.8. The van der Waals surface area contributed by atoms with E-state index >= 15 is 0 Å². The molecule has 0 unspecified atom stereocenters. The van der Waals surface area contributed by atoms with Crippen molar-refractivity contribution in [1.29, 1.82) is 0 Å². The van der Waals surface area contributed by atoms with Crippen molar-refractivity contribution >= 4 is 23.2 Å². The van der Waals surface area contributed by atoms with E-state index < -0.39 is 0 Å². The Balaban J connectivity index is 1.80. The van der Waals surface area contributed by atoms with Crippen LogP contribution in [0.4, 0.5) is 5.69 Å². The van der Waals surface area contributed by atoms with Crippen LogP contribution >= 0.6 is 11.6 Å². The van der Waals surface area contributed by atoms with Crippen molar-refractivity contribution in [2.45, 2.75) is 34.1 Å². The monoisotopic (exact) mass is 397 g/mol. The molecular formula is C22H24ClN3O2. The second-order valence-electron chi connectivity index (χ2n) is 6.90. The first-order valence-corrected chi connectivity index (χ1v) is 9.44. The van der Waals surface area contributed by atoms with Crippen LogP contribution in [0.3, 0.4) is 0 Å². The summed E-state index contributed by atoms with van der Waals surface area (Å²) >= 11 is 6.13. The minimum Gasteiger partial charge on any atom is -0.495 e. The summed E-state index contributed by atoms with van der Waals surface area (Å²) in [5, 5.41) is 7.99. The number of benzene rings is 2. The fourth-order valence-electron chi connectivity index (χ4n) is 3.15. The second-order valence-corrected chi connectivity index (χ2v) is 7.31. The molecule has 1 aromatic heterocycles. The Kier molecular flexibility index (Phi) is 5.75. The molecule has 0 atom stereocenters. The molecule has 0 saturated heterocycles. The molecule has 3 rings (SSSR count). The first kappa shape index (κ1) is 20.0. The van der Waals surface area contributed by atoms with Gasteiger partial charge in [0.25, 0.3) is 0 Å². The van der Waals surface area contributed by atoms with Crippen molar-refractivity contribution in [2.75, 3.05) is 12.4 Å². The fourth-order valence-corrected chi connectivity index (χ4v) is 3.41. The summed E-state index contributed by atoms with van der Waals surface area (Å²) in [5.41, 5.74) is 6.81. The van der Waals surface area contributed by atoms with Crippen LogP contribution in [0.5, 0.6) is 5.75 Å². The van der Waals surface area contributed by atoms with Crippen molar-refractivity contribution in [3.63, 3.8) is 0 Å². The number of nitrogens with zero attached hydrogens (tertiary/aromatic N) is 2. The van der Waals surface area contributed by atoms with Gasteiger partial charge in [0.2, 0.25) is 5.91 Å². The van der Waals surface area contributed by atoms with E-state index in [0.29, 0.717) is 16.5 Å². The summed E-state index contributed by atoms with van der Waals surface area (Å²) in [5.74, 6) is 0.452. The van der Waals surface area contributed by atoms with Gasteiger partial charge in [0, 0.05) is 16.9 Å². The predicted octanol–water partition coefficient (Wildman–Crippen LogP) is 4.95. The van der Waals surface area contributed by atoms with E-state index in [4.69, 9.17) is 16.3 Å². The van der Waals surface area contributed by atoms with Crippen molar-refractivity contribution in [3.05, 3.63) is 69.5 Å². The lowest BCUT2D eigenvalue weighted by atomic mass is 10.1. The lowest BCUT2D eigenvalue weighted by Crippen LogP contribution is -2.15. The van der Waals surface area contributed by atoms with Crippen LogP contribution in [0.25, 0.3) is 5.69 Å². The number of carbonyl (C=O) groups is 1. The normalized spacial score (nSPS) is 10.8. The first-order valence-electron chi connectivity index (χ1n) is 9.06. The number of hydrogen-bond acceptors (Lipinski definition) is 3. The SMILES string of the molecule is COc1ccc(NC(=O)Cc2c(C)nn(-c3ccc(C)c(C)c3)c2C)cc1Cl. The summed E-state index contributed by atoms with van der Waals surface area (Å²) in [6.45, 7) is 8.08. The smallest absolute Gasteiger partial charge is 0.228 e. The van der Waals surface area contributed by atoms with Gasteiger partial charge in [-0.05, 0) is 69.2 Å². The molecule has 0 aliphatic carbocycles. The Hall–Kier alpha value is -2.79. The zero-order valence-corrected chi connectivity index (χ0v) is 17.5. The Morgan fingerprint density at radius 2 is 1.86 bits per heavy atom. The Morgan fingerprint density at radius 1 is 1.11 bits per heavy atom. The van der Waals surface area contributed by atoms with Gasteiger partial charge in [-0.1, -0.05) is 17.7 Å². The van der Waals surface area contributed by atoms with Crippen molar-refractivity contribution in [1.82, 2.24) is 9.78 Å². The van der Waals surface area contributed by atoms with E-state index in [1.165, 1.54) is 11.1 Å². The van der Waals surface area contributed by atoms with Gasteiger partial charge in [-0.3, -0.25) is 4.79 Å². The quantitative estimate of drug-likeness (QED) is 0.662. The van der Waals surface area contributed by atoms with Gasteiger partial charge < -0.3 is 10.1 Å². The molecule has 1 N–H and O–H groups in total. The highest BCUT2D eigenvalue weighted by atomic mass is 35.5. The number of nitrogens with one attached hydrogen (secondary N) is 1. The van der Waals surface area contributed by atoms with Crippen LogP contribution in [0.1, 0.15) is 28.1 Å². The minimum absolute atomic E-state index is 0.118. The molecule has 6 heteroatoms. The molecule has 0 saturated carbocycles. The van der Waals surface area contributed by atoms with Gasteiger partial charge in [-0.2, -0.15) is 5.10 Å². The summed E-state index contributed by atoms with van der Waals surface area (Å²) in [6.07, 6.45) is 0.242. The van der Waals surface area contributed by atoms with Crippen LogP contribution in [0.15, 0.2) is 36.4 Å². The van der Waals surface area contributed by atoms with E-state index in [1.54, 1.807) is 25.3 Å². The molecule has 0 fully saturated rings. The first-order chi connectivity index (χ1) is 13.3. The Bertz CT molecular complexity index is 1040. The summed E-state index contributed by atoms with van der Waals surface area (Å²) in [7, 11) is 1.55. The number of carbonyl (C=O) groups excluding carboxylic acids is 1. The number of aromatic nitrogens is 2. The number of halogens is 1. The molecule has 1 heterocycles. The third-order valence-electron chi connectivity index (χ3n) is 4.95. The van der Waals surface area contributed by atoms with E-state index in [-0.39, 0.29) is 12.3 Å². The molecule has 146 valence electrons. The molecule has 0 aliphatic rings. The van der Waals surface area contributed by atoms with E-state index in [0.717, 1.165) is 22.6 Å².